The van der Waals surface area contributed by atoms with Crippen LogP contribution < -0.4 is 5.32 Å². The van der Waals surface area contributed by atoms with E-state index in [2.05, 4.69) is 12.2 Å². The van der Waals surface area contributed by atoms with E-state index in [1.165, 1.54) is 17.4 Å². The summed E-state index contributed by atoms with van der Waals surface area (Å²) in [6, 6.07) is 0. The molecule has 5 heteroatoms. The van der Waals surface area contributed by atoms with E-state index in [9.17, 15) is 9.59 Å². The SMILES string of the molecule is CCN(CC)C(=O)c1c(NC(C)=O)sc2c1CC[C@@H](C)C2. The van der Waals surface area contributed by atoms with E-state index >= 15 is 0 Å². The minimum absolute atomic E-state index is 0.0517. The lowest BCUT2D eigenvalue weighted by Crippen LogP contribution is -2.32. The van der Waals surface area contributed by atoms with Crippen molar-refractivity contribution in [1.29, 1.82) is 0 Å². The molecule has 0 spiro atoms. The first-order chi connectivity index (χ1) is 9.97. The lowest BCUT2D eigenvalue weighted by molar-refractivity contribution is -0.114. The first-order valence-electron chi connectivity index (χ1n) is 7.69. The number of nitrogens with one attached hydrogen (secondary N) is 1. The molecule has 1 aliphatic carbocycles. The normalized spacial score (nSPS) is 17.2. The van der Waals surface area contributed by atoms with Gasteiger partial charge in [-0.2, -0.15) is 0 Å². The highest BCUT2D eigenvalue weighted by molar-refractivity contribution is 7.17. The zero-order valence-corrected chi connectivity index (χ0v) is 14.1. The first-order valence-corrected chi connectivity index (χ1v) is 8.50. The number of rotatable bonds is 4. The number of nitrogens with zero attached hydrogens (tertiary/aromatic N) is 1. The molecular formula is C16H24N2O2S. The first kappa shape index (κ1) is 16.0. The molecule has 116 valence electrons. The lowest BCUT2D eigenvalue weighted by atomic mass is 9.88. The summed E-state index contributed by atoms with van der Waals surface area (Å²) in [7, 11) is 0. The van der Waals surface area contributed by atoms with Gasteiger partial charge in [0, 0.05) is 24.9 Å². The topological polar surface area (TPSA) is 49.4 Å². The number of carbonyl (C=O) groups is 2. The van der Waals surface area contributed by atoms with Crippen molar-refractivity contribution in [2.45, 2.75) is 47.0 Å². The molecule has 1 N–H and O–H groups in total. The third-order valence-corrected chi connectivity index (χ3v) is 5.24. The highest BCUT2D eigenvalue weighted by atomic mass is 32.1. The molecule has 2 amide bonds. The van der Waals surface area contributed by atoms with Crippen LogP contribution in [0.5, 0.6) is 0 Å². The molecule has 0 aliphatic heterocycles. The Morgan fingerprint density at radius 3 is 2.57 bits per heavy atom. The molecule has 1 aromatic heterocycles. The molecule has 0 saturated heterocycles. The standard InChI is InChI=1S/C16H24N2O2S/c1-5-18(6-2)16(20)14-12-8-7-10(3)9-13(12)21-15(14)17-11(4)19/h10H,5-9H2,1-4H3,(H,17,19)/t10-/m1/s1. The molecule has 21 heavy (non-hydrogen) atoms. The highest BCUT2D eigenvalue weighted by Crippen LogP contribution is 2.40. The van der Waals surface area contributed by atoms with Gasteiger partial charge >= 0.3 is 0 Å². The molecule has 1 aliphatic rings. The van der Waals surface area contributed by atoms with Crippen molar-refractivity contribution in [3.8, 4) is 0 Å². The summed E-state index contributed by atoms with van der Waals surface area (Å²) in [6.07, 6.45) is 3.06. The van der Waals surface area contributed by atoms with Gasteiger partial charge in [0.1, 0.15) is 5.00 Å². The van der Waals surface area contributed by atoms with Gasteiger partial charge in [-0.25, -0.2) is 0 Å². The Hall–Kier alpha value is -1.36. The van der Waals surface area contributed by atoms with Crippen LogP contribution in [0.4, 0.5) is 5.00 Å². The van der Waals surface area contributed by atoms with Crippen molar-refractivity contribution < 1.29 is 9.59 Å². The van der Waals surface area contributed by atoms with E-state index in [-0.39, 0.29) is 11.8 Å². The molecule has 1 heterocycles. The molecular weight excluding hydrogens is 284 g/mol. The Balaban J connectivity index is 2.45. The number of carbonyl (C=O) groups excluding carboxylic acids is 2. The summed E-state index contributed by atoms with van der Waals surface area (Å²) in [5, 5.41) is 3.60. The van der Waals surface area contributed by atoms with Crippen LogP contribution in [0.2, 0.25) is 0 Å². The number of anilines is 1. The molecule has 2 rings (SSSR count). The van der Waals surface area contributed by atoms with Gasteiger partial charge in [-0.1, -0.05) is 6.92 Å². The fourth-order valence-electron chi connectivity index (χ4n) is 2.89. The van der Waals surface area contributed by atoms with E-state index in [4.69, 9.17) is 0 Å². The van der Waals surface area contributed by atoms with Gasteiger partial charge in [0.25, 0.3) is 5.91 Å². The second-order valence-electron chi connectivity index (χ2n) is 5.71. The smallest absolute Gasteiger partial charge is 0.257 e. The third kappa shape index (κ3) is 3.28. The maximum atomic E-state index is 12.8. The van der Waals surface area contributed by atoms with Crippen LogP contribution in [0.3, 0.4) is 0 Å². The molecule has 4 nitrogen and oxygen atoms in total. The van der Waals surface area contributed by atoms with Crippen molar-refractivity contribution in [2.75, 3.05) is 18.4 Å². The predicted molar refractivity (Wildman–Crippen MR) is 87.1 cm³/mol. The Labute approximate surface area is 130 Å². The maximum Gasteiger partial charge on any atom is 0.257 e. The van der Waals surface area contributed by atoms with E-state index in [0.717, 1.165) is 29.8 Å². The Kier molecular flexibility index (Phi) is 5.04. The minimum atomic E-state index is -0.116. The van der Waals surface area contributed by atoms with Crippen molar-refractivity contribution in [3.63, 3.8) is 0 Å². The number of fused-ring (bicyclic) bond motifs is 1. The zero-order chi connectivity index (χ0) is 15.6. The molecule has 0 aromatic carbocycles. The molecule has 1 aromatic rings. The van der Waals surface area contributed by atoms with Crippen LogP contribution >= 0.6 is 11.3 Å². The number of hydrogen-bond acceptors (Lipinski definition) is 3. The fourth-order valence-corrected chi connectivity index (χ4v) is 4.34. The molecule has 0 unspecified atom stereocenters. The Morgan fingerprint density at radius 2 is 2.00 bits per heavy atom. The number of hydrogen-bond donors (Lipinski definition) is 1. The summed E-state index contributed by atoms with van der Waals surface area (Å²) < 4.78 is 0. The minimum Gasteiger partial charge on any atom is -0.339 e. The molecule has 0 radical (unpaired) electrons. The highest BCUT2D eigenvalue weighted by Gasteiger charge is 2.29. The average Bonchev–Trinajstić information content (AvgIpc) is 2.75. The van der Waals surface area contributed by atoms with Crippen molar-refractivity contribution >= 4 is 28.2 Å². The summed E-state index contributed by atoms with van der Waals surface area (Å²) in [4.78, 5) is 27.3. The number of amides is 2. The molecule has 0 bridgehead atoms. The van der Waals surface area contributed by atoms with Gasteiger partial charge in [-0.3, -0.25) is 9.59 Å². The van der Waals surface area contributed by atoms with E-state index in [1.807, 2.05) is 18.7 Å². The number of thiophene rings is 1. The maximum absolute atomic E-state index is 12.8. The van der Waals surface area contributed by atoms with Crippen LogP contribution in [0, 0.1) is 5.92 Å². The van der Waals surface area contributed by atoms with Gasteiger partial charge in [-0.15, -0.1) is 11.3 Å². The quantitative estimate of drug-likeness (QED) is 0.927. The zero-order valence-electron chi connectivity index (χ0n) is 13.3. The van der Waals surface area contributed by atoms with Gasteiger partial charge in [0.15, 0.2) is 0 Å². The van der Waals surface area contributed by atoms with Crippen LogP contribution in [-0.2, 0) is 17.6 Å². The Morgan fingerprint density at radius 1 is 1.33 bits per heavy atom. The van der Waals surface area contributed by atoms with Crippen LogP contribution in [0.1, 0.15) is 54.9 Å². The molecule has 0 fully saturated rings. The molecule has 1 atom stereocenters. The van der Waals surface area contributed by atoms with Crippen LogP contribution in [-0.4, -0.2) is 29.8 Å². The summed E-state index contributed by atoms with van der Waals surface area (Å²) in [6.45, 7) is 9.09. The van der Waals surface area contributed by atoms with Gasteiger partial charge in [-0.05, 0) is 44.6 Å². The van der Waals surface area contributed by atoms with Crippen molar-refractivity contribution in [3.05, 3.63) is 16.0 Å². The molecule has 0 saturated carbocycles. The Bertz CT molecular complexity index is 547. The van der Waals surface area contributed by atoms with E-state index in [0.29, 0.717) is 19.0 Å². The van der Waals surface area contributed by atoms with E-state index < -0.39 is 0 Å². The third-order valence-electron chi connectivity index (χ3n) is 4.07. The largest absolute Gasteiger partial charge is 0.339 e. The fraction of sp³-hybridized carbons (Fsp3) is 0.625. The summed E-state index contributed by atoms with van der Waals surface area (Å²) in [5.74, 6) is 0.587. The van der Waals surface area contributed by atoms with Gasteiger partial charge in [0.05, 0.1) is 5.56 Å². The van der Waals surface area contributed by atoms with Crippen LogP contribution in [0.25, 0.3) is 0 Å². The van der Waals surface area contributed by atoms with Gasteiger partial charge < -0.3 is 10.2 Å². The lowest BCUT2D eigenvalue weighted by Gasteiger charge is -2.22. The second kappa shape index (κ2) is 6.60. The monoisotopic (exact) mass is 308 g/mol. The van der Waals surface area contributed by atoms with E-state index in [1.54, 1.807) is 11.3 Å². The van der Waals surface area contributed by atoms with Crippen LogP contribution in [0.15, 0.2) is 0 Å². The second-order valence-corrected chi connectivity index (χ2v) is 6.82. The summed E-state index contributed by atoms with van der Waals surface area (Å²) >= 11 is 1.58. The van der Waals surface area contributed by atoms with Gasteiger partial charge in [0.2, 0.25) is 5.91 Å². The summed E-state index contributed by atoms with van der Waals surface area (Å²) in [5.41, 5.74) is 1.90. The van der Waals surface area contributed by atoms with Crippen molar-refractivity contribution in [1.82, 2.24) is 4.90 Å². The predicted octanol–water partition coefficient (Wildman–Crippen LogP) is 3.31. The van der Waals surface area contributed by atoms with Crippen molar-refractivity contribution in [2.24, 2.45) is 5.92 Å². The average molecular weight is 308 g/mol.